The Balaban J connectivity index is 2.84. The van der Waals surface area contributed by atoms with Crippen LogP contribution in [0, 0.1) is 5.92 Å². The second-order valence-corrected chi connectivity index (χ2v) is 4.07. The molecule has 1 atom stereocenters. The standard InChI is InChI=1S/C12H16N2O4/c1-7(2)18-11-9(5-4-6-13-11)14-10(15)8(3)12(16)17/h4-8H,1-3H3,(H,14,15)(H,16,17). The number of carboxylic acids is 1. The first-order valence-corrected chi connectivity index (χ1v) is 5.57. The highest BCUT2D eigenvalue weighted by molar-refractivity contribution is 6.04. The highest BCUT2D eigenvalue weighted by atomic mass is 16.5. The van der Waals surface area contributed by atoms with Crippen LogP contribution in [-0.2, 0) is 9.59 Å². The van der Waals surface area contributed by atoms with Crippen molar-refractivity contribution in [3.63, 3.8) is 0 Å². The molecule has 1 rings (SSSR count). The van der Waals surface area contributed by atoms with Gasteiger partial charge in [-0.25, -0.2) is 4.98 Å². The first-order chi connectivity index (χ1) is 8.41. The Morgan fingerprint density at radius 3 is 2.61 bits per heavy atom. The number of aromatic nitrogens is 1. The van der Waals surface area contributed by atoms with Gasteiger partial charge in [-0.3, -0.25) is 9.59 Å². The lowest BCUT2D eigenvalue weighted by Gasteiger charge is -2.14. The summed E-state index contributed by atoms with van der Waals surface area (Å²) in [7, 11) is 0. The van der Waals surface area contributed by atoms with E-state index in [0.717, 1.165) is 0 Å². The molecule has 1 heterocycles. The highest BCUT2D eigenvalue weighted by Crippen LogP contribution is 2.22. The van der Waals surface area contributed by atoms with Gasteiger partial charge in [-0.05, 0) is 32.9 Å². The monoisotopic (exact) mass is 252 g/mol. The largest absolute Gasteiger partial charge is 0.481 e. The molecule has 6 heteroatoms. The minimum absolute atomic E-state index is 0.0903. The predicted octanol–water partition coefficient (Wildman–Crippen LogP) is 1.53. The van der Waals surface area contributed by atoms with E-state index in [4.69, 9.17) is 9.84 Å². The molecule has 0 aliphatic heterocycles. The van der Waals surface area contributed by atoms with Gasteiger partial charge in [-0.1, -0.05) is 0 Å². The minimum atomic E-state index is -1.18. The molecule has 6 nitrogen and oxygen atoms in total. The molecule has 0 saturated heterocycles. The minimum Gasteiger partial charge on any atom is -0.481 e. The van der Waals surface area contributed by atoms with Crippen molar-refractivity contribution in [2.24, 2.45) is 5.92 Å². The normalized spacial score (nSPS) is 12.0. The molecule has 1 unspecified atom stereocenters. The van der Waals surface area contributed by atoms with Crippen molar-refractivity contribution >= 4 is 17.6 Å². The summed E-state index contributed by atoms with van der Waals surface area (Å²) in [6.45, 7) is 4.98. The van der Waals surface area contributed by atoms with E-state index >= 15 is 0 Å². The van der Waals surface area contributed by atoms with Gasteiger partial charge in [0.1, 0.15) is 11.6 Å². The average Bonchev–Trinajstić information content (AvgIpc) is 2.29. The lowest BCUT2D eigenvalue weighted by Crippen LogP contribution is -2.27. The zero-order valence-electron chi connectivity index (χ0n) is 10.5. The van der Waals surface area contributed by atoms with Crippen LogP contribution in [0.4, 0.5) is 5.69 Å². The fourth-order valence-corrected chi connectivity index (χ4v) is 1.16. The fourth-order valence-electron chi connectivity index (χ4n) is 1.16. The van der Waals surface area contributed by atoms with Crippen molar-refractivity contribution in [1.29, 1.82) is 0 Å². The van der Waals surface area contributed by atoms with Crippen LogP contribution in [0.5, 0.6) is 5.88 Å². The number of anilines is 1. The number of ether oxygens (including phenoxy) is 1. The molecule has 1 aromatic heterocycles. The molecule has 0 radical (unpaired) electrons. The van der Waals surface area contributed by atoms with E-state index in [1.807, 2.05) is 13.8 Å². The first-order valence-electron chi connectivity index (χ1n) is 5.57. The summed E-state index contributed by atoms with van der Waals surface area (Å²) in [5.74, 6) is -2.64. The van der Waals surface area contributed by atoms with Crippen LogP contribution < -0.4 is 10.1 Å². The Morgan fingerprint density at radius 2 is 2.06 bits per heavy atom. The lowest BCUT2D eigenvalue weighted by molar-refractivity contribution is -0.144. The van der Waals surface area contributed by atoms with E-state index in [9.17, 15) is 9.59 Å². The van der Waals surface area contributed by atoms with Crippen LogP contribution in [0.2, 0.25) is 0 Å². The zero-order chi connectivity index (χ0) is 13.7. The maximum atomic E-state index is 11.6. The smallest absolute Gasteiger partial charge is 0.315 e. The third kappa shape index (κ3) is 3.73. The van der Waals surface area contributed by atoms with E-state index in [2.05, 4.69) is 10.3 Å². The van der Waals surface area contributed by atoms with E-state index in [1.54, 1.807) is 12.1 Å². The summed E-state index contributed by atoms with van der Waals surface area (Å²) >= 11 is 0. The Bertz CT molecular complexity index is 445. The molecule has 0 aliphatic rings. The topological polar surface area (TPSA) is 88.5 Å². The molecule has 98 valence electrons. The molecule has 1 amide bonds. The Hall–Kier alpha value is -2.11. The van der Waals surface area contributed by atoms with Crippen LogP contribution in [0.15, 0.2) is 18.3 Å². The van der Waals surface area contributed by atoms with Gasteiger partial charge < -0.3 is 15.2 Å². The number of nitrogens with one attached hydrogen (secondary N) is 1. The number of pyridine rings is 1. The van der Waals surface area contributed by atoms with Gasteiger partial charge in [0.2, 0.25) is 11.8 Å². The molecular weight excluding hydrogens is 236 g/mol. The van der Waals surface area contributed by atoms with Crippen molar-refractivity contribution in [3.05, 3.63) is 18.3 Å². The number of carboxylic acid groups (broad SMARTS) is 1. The molecule has 0 spiro atoms. The van der Waals surface area contributed by atoms with Crippen LogP contribution in [-0.4, -0.2) is 28.1 Å². The second-order valence-electron chi connectivity index (χ2n) is 4.07. The molecule has 1 aromatic rings. The van der Waals surface area contributed by atoms with E-state index in [1.165, 1.54) is 13.1 Å². The van der Waals surface area contributed by atoms with Crippen LogP contribution in [0.1, 0.15) is 20.8 Å². The molecule has 0 aliphatic carbocycles. The summed E-state index contributed by atoms with van der Waals surface area (Å²) in [6.07, 6.45) is 1.45. The highest BCUT2D eigenvalue weighted by Gasteiger charge is 2.21. The SMILES string of the molecule is CC(C)Oc1ncccc1NC(=O)C(C)C(=O)O. The third-order valence-electron chi connectivity index (χ3n) is 2.14. The molecule has 2 N–H and O–H groups in total. The predicted molar refractivity (Wildman–Crippen MR) is 65.4 cm³/mol. The maximum absolute atomic E-state index is 11.6. The van der Waals surface area contributed by atoms with E-state index < -0.39 is 17.8 Å². The first kappa shape index (κ1) is 14.0. The van der Waals surface area contributed by atoms with Gasteiger partial charge in [0, 0.05) is 6.20 Å². The van der Waals surface area contributed by atoms with Crippen molar-refractivity contribution in [2.75, 3.05) is 5.32 Å². The van der Waals surface area contributed by atoms with Gasteiger partial charge in [-0.2, -0.15) is 0 Å². The summed E-state index contributed by atoms with van der Waals surface area (Å²) in [4.78, 5) is 26.3. The van der Waals surface area contributed by atoms with Crippen LogP contribution in [0.3, 0.4) is 0 Å². The van der Waals surface area contributed by atoms with Gasteiger partial charge in [0.25, 0.3) is 0 Å². The summed E-state index contributed by atoms with van der Waals surface area (Å²) in [5.41, 5.74) is 0.365. The summed E-state index contributed by atoms with van der Waals surface area (Å²) in [5, 5.41) is 11.2. The molecule has 0 saturated carbocycles. The van der Waals surface area contributed by atoms with E-state index in [0.29, 0.717) is 5.69 Å². The number of hydrogen-bond acceptors (Lipinski definition) is 4. The Kier molecular flexibility index (Phi) is 4.65. The number of carbonyl (C=O) groups excluding carboxylic acids is 1. The number of rotatable bonds is 5. The fraction of sp³-hybridized carbons (Fsp3) is 0.417. The average molecular weight is 252 g/mol. The number of hydrogen-bond donors (Lipinski definition) is 2. The summed E-state index contributed by atoms with van der Waals surface area (Å²) < 4.78 is 5.41. The number of amides is 1. The summed E-state index contributed by atoms with van der Waals surface area (Å²) in [6, 6.07) is 3.24. The Labute approximate surface area is 105 Å². The van der Waals surface area contributed by atoms with Crippen molar-refractivity contribution < 1.29 is 19.4 Å². The molecular formula is C12H16N2O4. The second kappa shape index (κ2) is 6.00. The van der Waals surface area contributed by atoms with Crippen molar-refractivity contribution in [3.8, 4) is 5.88 Å². The van der Waals surface area contributed by atoms with Crippen LogP contribution >= 0.6 is 0 Å². The molecule has 18 heavy (non-hydrogen) atoms. The molecule has 0 aromatic carbocycles. The Morgan fingerprint density at radius 1 is 1.39 bits per heavy atom. The number of carbonyl (C=O) groups is 2. The maximum Gasteiger partial charge on any atom is 0.315 e. The van der Waals surface area contributed by atoms with Gasteiger partial charge in [0.15, 0.2) is 0 Å². The molecule has 0 fully saturated rings. The van der Waals surface area contributed by atoms with Gasteiger partial charge in [-0.15, -0.1) is 0 Å². The molecule has 0 bridgehead atoms. The number of aliphatic carboxylic acids is 1. The number of nitrogens with zero attached hydrogens (tertiary/aromatic N) is 1. The van der Waals surface area contributed by atoms with Crippen molar-refractivity contribution in [2.45, 2.75) is 26.9 Å². The van der Waals surface area contributed by atoms with Gasteiger partial charge in [0.05, 0.1) is 6.10 Å². The van der Waals surface area contributed by atoms with Crippen molar-refractivity contribution in [1.82, 2.24) is 4.98 Å². The quantitative estimate of drug-likeness (QED) is 0.776. The third-order valence-corrected chi connectivity index (χ3v) is 2.14. The van der Waals surface area contributed by atoms with Crippen LogP contribution in [0.25, 0.3) is 0 Å². The van der Waals surface area contributed by atoms with E-state index in [-0.39, 0.29) is 12.0 Å². The zero-order valence-corrected chi connectivity index (χ0v) is 10.5. The van der Waals surface area contributed by atoms with Gasteiger partial charge >= 0.3 is 5.97 Å². The lowest BCUT2D eigenvalue weighted by atomic mass is 10.1.